The average Bonchev–Trinajstić information content (AvgIpc) is 2.40. The van der Waals surface area contributed by atoms with Crippen LogP contribution in [0.5, 0.6) is 0 Å². The van der Waals surface area contributed by atoms with Crippen LogP contribution in [-0.4, -0.2) is 0 Å². The van der Waals surface area contributed by atoms with Crippen molar-refractivity contribution in [1.29, 1.82) is 0 Å². The molecule has 0 saturated carbocycles. The highest BCUT2D eigenvalue weighted by Crippen LogP contribution is 2.33. The van der Waals surface area contributed by atoms with E-state index in [1.165, 1.54) is 4.70 Å². The van der Waals surface area contributed by atoms with Gasteiger partial charge in [0.15, 0.2) is 0 Å². The van der Waals surface area contributed by atoms with Crippen molar-refractivity contribution in [1.82, 2.24) is 0 Å². The van der Waals surface area contributed by atoms with Crippen molar-refractivity contribution in [2.45, 2.75) is 0 Å². The van der Waals surface area contributed by atoms with Gasteiger partial charge in [-0.25, -0.2) is 0 Å². The molecule has 0 saturated heterocycles. The molecule has 0 aliphatic heterocycles. The average molecular weight is 368 g/mol. The standard InChI is InChI=1S/C15H8BrClS2/c16-10-3-6-14-12(7-10)13(18)8-15(19-14)9-1-4-11(17)5-2-9/h1-8H. The third-order valence-corrected chi connectivity index (χ3v) is 5.05. The van der Waals surface area contributed by atoms with Crippen LogP contribution in [0.3, 0.4) is 0 Å². The molecule has 0 amide bonds. The Morgan fingerprint density at radius 3 is 2.47 bits per heavy atom. The summed E-state index contributed by atoms with van der Waals surface area (Å²) in [5.41, 5.74) is 1.14. The van der Waals surface area contributed by atoms with E-state index in [2.05, 4.69) is 34.1 Å². The highest BCUT2D eigenvalue weighted by molar-refractivity contribution is 9.10. The van der Waals surface area contributed by atoms with Crippen molar-refractivity contribution in [2.24, 2.45) is 0 Å². The summed E-state index contributed by atoms with van der Waals surface area (Å²) in [6.07, 6.45) is 0. The molecule has 0 fully saturated rings. The predicted octanol–water partition coefficient (Wildman–Crippen LogP) is 6.71. The second-order valence-electron chi connectivity index (χ2n) is 4.12. The van der Waals surface area contributed by atoms with Crippen molar-refractivity contribution in [3.63, 3.8) is 0 Å². The maximum atomic E-state index is 5.92. The van der Waals surface area contributed by atoms with Crippen LogP contribution in [0.1, 0.15) is 0 Å². The summed E-state index contributed by atoms with van der Waals surface area (Å²) in [4.78, 5) is 1.16. The molecule has 1 aromatic heterocycles. The molecule has 0 spiro atoms. The van der Waals surface area contributed by atoms with Crippen LogP contribution in [0.25, 0.3) is 20.5 Å². The largest absolute Gasteiger partial charge is 0.135 e. The molecule has 1 heterocycles. The fourth-order valence-electron chi connectivity index (χ4n) is 1.88. The Balaban J connectivity index is 2.24. The number of benzene rings is 2. The van der Waals surface area contributed by atoms with Gasteiger partial charge in [0.2, 0.25) is 0 Å². The first kappa shape index (κ1) is 13.3. The third kappa shape index (κ3) is 2.75. The summed E-state index contributed by atoms with van der Waals surface area (Å²) >= 11 is 16.6. The molecule has 4 heteroatoms. The minimum Gasteiger partial charge on any atom is -0.135 e. The van der Waals surface area contributed by atoms with E-state index >= 15 is 0 Å². The van der Waals surface area contributed by atoms with Gasteiger partial charge in [-0.05, 0) is 42.0 Å². The van der Waals surface area contributed by atoms with E-state index in [1.54, 1.807) is 11.3 Å². The second-order valence-corrected chi connectivity index (χ2v) is 7.00. The Kier molecular flexibility index (Phi) is 3.72. The molecular weight excluding hydrogens is 360 g/mol. The van der Waals surface area contributed by atoms with E-state index in [1.807, 2.05) is 30.3 Å². The summed E-state index contributed by atoms with van der Waals surface area (Å²) in [6, 6.07) is 16.1. The van der Waals surface area contributed by atoms with Crippen LogP contribution in [0.2, 0.25) is 5.02 Å². The molecule has 3 aromatic rings. The lowest BCUT2D eigenvalue weighted by atomic mass is 10.2. The second kappa shape index (κ2) is 5.33. The lowest BCUT2D eigenvalue weighted by Crippen LogP contribution is -1.78. The number of hydrogen-bond donors (Lipinski definition) is 0. The van der Waals surface area contributed by atoms with Crippen molar-refractivity contribution in [3.8, 4) is 10.4 Å². The van der Waals surface area contributed by atoms with Crippen LogP contribution in [0, 0.1) is 4.51 Å². The zero-order valence-electron chi connectivity index (χ0n) is 9.69. The van der Waals surface area contributed by atoms with Crippen molar-refractivity contribution in [2.75, 3.05) is 0 Å². The van der Waals surface area contributed by atoms with Gasteiger partial charge in [0.05, 0.1) is 0 Å². The van der Waals surface area contributed by atoms with Gasteiger partial charge in [0.1, 0.15) is 0 Å². The zero-order chi connectivity index (χ0) is 13.4. The smallest absolute Gasteiger partial charge is 0.0478 e. The molecule has 0 bridgehead atoms. The van der Waals surface area contributed by atoms with Gasteiger partial charge in [0.25, 0.3) is 0 Å². The lowest BCUT2D eigenvalue weighted by molar-refractivity contribution is 1.68. The fraction of sp³-hybridized carbons (Fsp3) is 0. The maximum Gasteiger partial charge on any atom is 0.0478 e. The van der Waals surface area contributed by atoms with Crippen LogP contribution in [0.4, 0.5) is 0 Å². The molecule has 0 atom stereocenters. The fourth-order valence-corrected chi connectivity index (χ4v) is 3.88. The van der Waals surface area contributed by atoms with Gasteiger partial charge in [-0.3, -0.25) is 0 Å². The lowest BCUT2D eigenvalue weighted by Gasteiger charge is -2.04. The first-order valence-electron chi connectivity index (χ1n) is 5.63. The highest BCUT2D eigenvalue weighted by atomic mass is 79.9. The quantitative estimate of drug-likeness (QED) is 0.430. The van der Waals surface area contributed by atoms with Crippen LogP contribution in [-0.2, 0) is 0 Å². The number of hydrogen-bond acceptors (Lipinski definition) is 2. The van der Waals surface area contributed by atoms with Gasteiger partial charge in [-0.2, -0.15) is 0 Å². The van der Waals surface area contributed by atoms with Crippen LogP contribution < -0.4 is 0 Å². The van der Waals surface area contributed by atoms with Crippen LogP contribution in [0.15, 0.2) is 53.0 Å². The number of rotatable bonds is 1. The third-order valence-electron chi connectivity index (χ3n) is 2.82. The Labute approximate surface area is 133 Å². The first-order valence-corrected chi connectivity index (χ1v) is 8.02. The molecule has 0 aliphatic rings. The van der Waals surface area contributed by atoms with Crippen LogP contribution >= 0.6 is 51.1 Å². The van der Waals surface area contributed by atoms with Gasteiger partial charge in [-0.15, -0.1) is 11.3 Å². The molecule has 0 radical (unpaired) electrons. The molecule has 3 rings (SSSR count). The normalized spacial score (nSPS) is 10.8. The molecule has 0 aliphatic carbocycles. The monoisotopic (exact) mass is 366 g/mol. The minimum absolute atomic E-state index is 0.747. The van der Waals surface area contributed by atoms with Crippen molar-refractivity contribution in [3.05, 3.63) is 62.5 Å². The van der Waals surface area contributed by atoms with E-state index < -0.39 is 0 Å². The maximum absolute atomic E-state index is 5.92. The molecule has 0 unspecified atom stereocenters. The van der Waals surface area contributed by atoms with E-state index in [-0.39, 0.29) is 0 Å². The predicted molar refractivity (Wildman–Crippen MR) is 90.8 cm³/mol. The Bertz CT molecular complexity index is 806. The Morgan fingerprint density at radius 1 is 1.00 bits per heavy atom. The summed E-state index contributed by atoms with van der Waals surface area (Å²) in [7, 11) is 0. The summed E-state index contributed by atoms with van der Waals surface area (Å²) in [5.74, 6) is 0. The van der Waals surface area contributed by atoms with Crippen molar-refractivity contribution < 1.29 is 0 Å². The van der Waals surface area contributed by atoms with E-state index in [4.69, 9.17) is 23.8 Å². The summed E-state index contributed by atoms with van der Waals surface area (Å²) < 4.78 is 3.12. The number of halogens is 2. The molecule has 94 valence electrons. The summed E-state index contributed by atoms with van der Waals surface area (Å²) in [5, 5.41) is 1.86. The minimum atomic E-state index is 0.747. The summed E-state index contributed by atoms with van der Waals surface area (Å²) in [6.45, 7) is 0. The molecule has 2 aromatic carbocycles. The molecule has 0 nitrogen and oxygen atoms in total. The molecule has 0 N–H and O–H groups in total. The number of fused-ring (bicyclic) bond motifs is 1. The molecular formula is C15H8BrClS2. The topological polar surface area (TPSA) is 0 Å². The van der Waals surface area contributed by atoms with Crippen molar-refractivity contribution >= 4 is 61.2 Å². The van der Waals surface area contributed by atoms with E-state index in [9.17, 15) is 0 Å². The van der Waals surface area contributed by atoms with E-state index in [0.717, 1.165) is 29.8 Å². The SMILES string of the molecule is S=c1cc(-c2ccc(Cl)cc2)sc2ccc(Br)cc12. The zero-order valence-corrected chi connectivity index (χ0v) is 13.7. The highest BCUT2D eigenvalue weighted by Gasteiger charge is 2.04. The Morgan fingerprint density at radius 2 is 1.74 bits per heavy atom. The first-order chi connectivity index (χ1) is 9.13. The van der Waals surface area contributed by atoms with Gasteiger partial charge >= 0.3 is 0 Å². The van der Waals surface area contributed by atoms with Gasteiger partial charge in [-0.1, -0.05) is 51.9 Å². The van der Waals surface area contributed by atoms with Gasteiger partial charge in [0, 0.05) is 29.0 Å². The van der Waals surface area contributed by atoms with E-state index in [0.29, 0.717) is 0 Å². The molecule has 19 heavy (non-hydrogen) atoms. The van der Waals surface area contributed by atoms with Gasteiger partial charge < -0.3 is 0 Å². The Hall–Kier alpha value is -0.740.